The second-order valence-corrected chi connectivity index (χ2v) is 4.38. The molecule has 0 aliphatic carbocycles. The number of rotatable bonds is 1. The summed E-state index contributed by atoms with van der Waals surface area (Å²) in [5, 5.41) is 3.76. The molecule has 2 rings (SSSR count). The molecule has 1 aromatic carbocycles. The van der Waals surface area contributed by atoms with Gasteiger partial charge in [0.25, 0.3) is 0 Å². The summed E-state index contributed by atoms with van der Waals surface area (Å²) >= 11 is 9.84. The Balaban J connectivity index is 2.62. The first kappa shape index (κ1) is 13.1. The summed E-state index contributed by atoms with van der Waals surface area (Å²) in [4.78, 5) is 0.0465. The normalized spacial score (nSPS) is 11.8. The Labute approximate surface area is 111 Å². The first-order valence-corrected chi connectivity index (χ1v) is 5.53. The van der Waals surface area contributed by atoms with E-state index in [1.807, 2.05) is 0 Å². The predicted octanol–water partition coefficient (Wildman–Crippen LogP) is 3.42. The third-order valence-electron chi connectivity index (χ3n) is 2.25. The number of nitrogens with zero attached hydrogens (tertiary/aromatic N) is 2. The molecular weight excluding hydrogens is 287 g/mol. The highest BCUT2D eigenvalue weighted by molar-refractivity contribution is 7.80. The molecule has 8 heteroatoms. The van der Waals surface area contributed by atoms with Gasteiger partial charge in [-0.3, -0.25) is 0 Å². The van der Waals surface area contributed by atoms with Gasteiger partial charge in [0, 0.05) is 11.0 Å². The number of hydrogen-bond donors (Lipinski definition) is 2. The molecule has 1 aromatic heterocycles. The molecule has 0 radical (unpaired) electrons. The van der Waals surface area contributed by atoms with Crippen molar-refractivity contribution in [1.82, 2.24) is 9.78 Å². The summed E-state index contributed by atoms with van der Waals surface area (Å²) in [7, 11) is 0. The standard InChI is InChI=1S/C10H7ClF3N3S/c11-6-3-5(10(12,13)14)4-7(18)9(6)17-8(15)1-2-16-17/h1-4,18H,15H2. The molecule has 0 amide bonds. The minimum atomic E-state index is -4.48. The van der Waals surface area contributed by atoms with Gasteiger partial charge < -0.3 is 5.73 Å². The van der Waals surface area contributed by atoms with E-state index in [1.54, 1.807) is 0 Å². The first-order chi connectivity index (χ1) is 8.30. The highest BCUT2D eigenvalue weighted by Crippen LogP contribution is 2.37. The molecule has 0 aliphatic rings. The lowest BCUT2D eigenvalue weighted by atomic mass is 10.2. The van der Waals surface area contributed by atoms with Crippen LogP contribution in [0.2, 0.25) is 5.02 Å². The Morgan fingerprint density at radius 3 is 2.44 bits per heavy atom. The van der Waals surface area contributed by atoms with Gasteiger partial charge in [0.1, 0.15) is 5.82 Å². The number of nitrogens with two attached hydrogens (primary N) is 1. The Morgan fingerprint density at radius 2 is 2.00 bits per heavy atom. The van der Waals surface area contributed by atoms with Crippen LogP contribution in [0.15, 0.2) is 29.3 Å². The van der Waals surface area contributed by atoms with Crippen molar-refractivity contribution in [3.8, 4) is 5.69 Å². The minimum absolute atomic E-state index is 0.0465. The van der Waals surface area contributed by atoms with Crippen molar-refractivity contribution in [3.63, 3.8) is 0 Å². The van der Waals surface area contributed by atoms with E-state index in [1.165, 1.54) is 16.9 Å². The van der Waals surface area contributed by atoms with Crippen LogP contribution >= 0.6 is 24.2 Å². The summed E-state index contributed by atoms with van der Waals surface area (Å²) in [5.74, 6) is 0.256. The number of anilines is 1. The van der Waals surface area contributed by atoms with Gasteiger partial charge >= 0.3 is 6.18 Å². The largest absolute Gasteiger partial charge is 0.416 e. The fraction of sp³-hybridized carbons (Fsp3) is 0.100. The average Bonchev–Trinajstić information content (AvgIpc) is 2.62. The molecule has 1 heterocycles. The van der Waals surface area contributed by atoms with E-state index >= 15 is 0 Å². The van der Waals surface area contributed by atoms with E-state index in [0.29, 0.717) is 0 Å². The van der Waals surface area contributed by atoms with Crippen molar-refractivity contribution in [2.45, 2.75) is 11.1 Å². The molecule has 0 saturated heterocycles. The van der Waals surface area contributed by atoms with Crippen LogP contribution in [0.25, 0.3) is 5.69 Å². The summed E-state index contributed by atoms with van der Waals surface area (Å²) in [5.41, 5.74) is 4.97. The van der Waals surface area contributed by atoms with E-state index in [-0.39, 0.29) is 21.4 Å². The van der Waals surface area contributed by atoms with Crippen molar-refractivity contribution in [1.29, 1.82) is 0 Å². The molecule has 0 unspecified atom stereocenters. The molecule has 0 aliphatic heterocycles. The molecule has 0 bridgehead atoms. The van der Waals surface area contributed by atoms with Gasteiger partial charge in [-0.25, -0.2) is 4.68 Å². The average molecular weight is 294 g/mol. The molecule has 0 saturated carbocycles. The number of aromatic nitrogens is 2. The smallest absolute Gasteiger partial charge is 0.384 e. The summed E-state index contributed by atoms with van der Waals surface area (Å²) in [6.45, 7) is 0. The Morgan fingerprint density at radius 1 is 1.33 bits per heavy atom. The minimum Gasteiger partial charge on any atom is -0.384 e. The van der Waals surface area contributed by atoms with Crippen molar-refractivity contribution in [2.75, 3.05) is 5.73 Å². The van der Waals surface area contributed by atoms with Crippen LogP contribution in [0.4, 0.5) is 19.0 Å². The molecule has 2 aromatic rings. The third kappa shape index (κ3) is 2.28. The predicted molar refractivity (Wildman–Crippen MR) is 65.2 cm³/mol. The van der Waals surface area contributed by atoms with Crippen molar-refractivity contribution >= 4 is 30.0 Å². The number of alkyl halides is 3. The Bertz CT molecular complexity index is 571. The SMILES string of the molecule is Nc1ccnn1-c1c(S)cc(C(F)(F)F)cc1Cl. The van der Waals surface area contributed by atoms with Crippen LogP contribution in [0, 0.1) is 0 Å². The zero-order valence-electron chi connectivity index (χ0n) is 8.74. The van der Waals surface area contributed by atoms with Gasteiger partial charge in [-0.15, -0.1) is 12.6 Å². The van der Waals surface area contributed by atoms with Gasteiger partial charge in [0.15, 0.2) is 0 Å². The van der Waals surface area contributed by atoms with Gasteiger partial charge in [0.2, 0.25) is 0 Å². The highest BCUT2D eigenvalue weighted by atomic mass is 35.5. The number of thiol groups is 1. The topological polar surface area (TPSA) is 43.8 Å². The summed E-state index contributed by atoms with van der Waals surface area (Å²) in [6, 6.07) is 3.20. The zero-order chi connectivity index (χ0) is 13.5. The van der Waals surface area contributed by atoms with Crippen LogP contribution in [0.3, 0.4) is 0 Å². The zero-order valence-corrected chi connectivity index (χ0v) is 10.4. The van der Waals surface area contributed by atoms with Crippen LogP contribution in [-0.4, -0.2) is 9.78 Å². The molecule has 18 heavy (non-hydrogen) atoms. The maximum Gasteiger partial charge on any atom is 0.416 e. The molecule has 0 atom stereocenters. The van der Waals surface area contributed by atoms with Crippen molar-refractivity contribution in [2.24, 2.45) is 0 Å². The van der Waals surface area contributed by atoms with Gasteiger partial charge in [0.05, 0.1) is 22.5 Å². The number of halogens is 4. The number of nitrogen functional groups attached to an aromatic ring is 1. The number of hydrogen-bond acceptors (Lipinski definition) is 3. The molecule has 0 fully saturated rings. The van der Waals surface area contributed by atoms with E-state index in [2.05, 4.69) is 17.7 Å². The van der Waals surface area contributed by atoms with Gasteiger partial charge in [-0.1, -0.05) is 11.6 Å². The Hall–Kier alpha value is -1.34. The molecule has 0 spiro atoms. The first-order valence-electron chi connectivity index (χ1n) is 4.70. The van der Waals surface area contributed by atoms with Crippen LogP contribution in [0.1, 0.15) is 5.56 Å². The lowest BCUT2D eigenvalue weighted by molar-refractivity contribution is -0.137. The highest BCUT2D eigenvalue weighted by Gasteiger charge is 2.32. The maximum atomic E-state index is 12.6. The van der Waals surface area contributed by atoms with Crippen molar-refractivity contribution < 1.29 is 13.2 Å². The monoisotopic (exact) mass is 293 g/mol. The van der Waals surface area contributed by atoms with Gasteiger partial charge in [-0.2, -0.15) is 18.3 Å². The number of benzene rings is 1. The van der Waals surface area contributed by atoms with Gasteiger partial charge in [-0.05, 0) is 12.1 Å². The quantitative estimate of drug-likeness (QED) is 0.791. The van der Waals surface area contributed by atoms with Crippen LogP contribution < -0.4 is 5.73 Å². The lowest BCUT2D eigenvalue weighted by Gasteiger charge is -2.13. The fourth-order valence-corrected chi connectivity index (χ4v) is 2.18. The lowest BCUT2D eigenvalue weighted by Crippen LogP contribution is -2.08. The Kier molecular flexibility index (Phi) is 3.20. The fourth-order valence-electron chi connectivity index (χ4n) is 1.46. The van der Waals surface area contributed by atoms with E-state index in [0.717, 1.165) is 12.1 Å². The van der Waals surface area contributed by atoms with Crippen molar-refractivity contribution in [3.05, 3.63) is 35.0 Å². The molecule has 96 valence electrons. The van der Waals surface area contributed by atoms with E-state index < -0.39 is 11.7 Å². The van der Waals surface area contributed by atoms with E-state index in [4.69, 9.17) is 17.3 Å². The molecular formula is C10H7ClF3N3S. The third-order valence-corrected chi connectivity index (χ3v) is 2.88. The van der Waals surface area contributed by atoms with E-state index in [9.17, 15) is 13.2 Å². The van der Waals surface area contributed by atoms with Crippen LogP contribution in [-0.2, 0) is 6.18 Å². The second kappa shape index (κ2) is 4.40. The second-order valence-electron chi connectivity index (χ2n) is 3.49. The molecule has 2 N–H and O–H groups in total. The summed E-state index contributed by atoms with van der Waals surface area (Å²) in [6.07, 6.45) is -3.06. The summed E-state index contributed by atoms with van der Waals surface area (Å²) < 4.78 is 38.9. The van der Waals surface area contributed by atoms with Crippen LogP contribution in [0.5, 0.6) is 0 Å². The maximum absolute atomic E-state index is 12.6. The molecule has 3 nitrogen and oxygen atoms in total.